The molecule has 3 heteroatoms. The van der Waals surface area contributed by atoms with Crippen LogP contribution in [0.2, 0.25) is 0 Å². The molecule has 0 unspecified atom stereocenters. The van der Waals surface area contributed by atoms with Crippen molar-refractivity contribution in [2.45, 2.75) is 13.0 Å². The molecule has 0 aliphatic rings. The molecule has 2 N–H and O–H groups in total. The van der Waals surface area contributed by atoms with Gasteiger partial charge in [-0.25, -0.2) is 0 Å². The maximum absolute atomic E-state index is 5.77. The van der Waals surface area contributed by atoms with Gasteiger partial charge in [-0.1, -0.05) is 0 Å². The molecule has 0 saturated heterocycles. The minimum absolute atomic E-state index is 0.127. The van der Waals surface area contributed by atoms with Crippen LogP contribution in [-0.2, 0) is 0 Å². The maximum atomic E-state index is 5.77. The Balaban J connectivity index is 2.62. The molecule has 0 fully saturated rings. The number of hydrogen-bond donors (Lipinski definition) is 1. The highest BCUT2D eigenvalue weighted by Gasteiger charge is 2.04. The average molecular weight is 178 g/mol. The fourth-order valence-corrected chi connectivity index (χ4v) is 2.11. The van der Waals surface area contributed by atoms with E-state index in [2.05, 4.69) is 11.1 Å². The lowest BCUT2D eigenvalue weighted by Gasteiger charge is -1.96. The van der Waals surface area contributed by atoms with Gasteiger partial charge in [-0.15, -0.1) is 11.3 Å². The lowest BCUT2D eigenvalue weighted by molar-refractivity contribution is 0.839. The van der Waals surface area contributed by atoms with Crippen LogP contribution in [0.4, 0.5) is 0 Å². The molecule has 0 bridgehead atoms. The van der Waals surface area contributed by atoms with Crippen LogP contribution < -0.4 is 5.73 Å². The fourth-order valence-electron chi connectivity index (χ4n) is 1.13. The number of fused-ring (bicyclic) bond motifs is 1. The molecule has 62 valence electrons. The van der Waals surface area contributed by atoms with Crippen molar-refractivity contribution >= 4 is 21.4 Å². The second-order valence-corrected chi connectivity index (χ2v) is 3.97. The van der Waals surface area contributed by atoms with Gasteiger partial charge in [0, 0.05) is 33.4 Å². The summed E-state index contributed by atoms with van der Waals surface area (Å²) in [6, 6.07) is 4.26. The van der Waals surface area contributed by atoms with E-state index in [4.69, 9.17) is 5.73 Å². The second-order valence-electron chi connectivity index (χ2n) is 2.85. The molecule has 1 atom stereocenters. The van der Waals surface area contributed by atoms with E-state index >= 15 is 0 Å². The Bertz CT molecular complexity index is 359. The second kappa shape index (κ2) is 2.84. The fraction of sp³-hybridized carbons (Fsp3) is 0.222. The first-order valence-corrected chi connectivity index (χ1v) is 4.68. The van der Waals surface area contributed by atoms with E-state index in [1.54, 1.807) is 11.3 Å². The SMILES string of the molecule is C[C@@H](N)c1cc2cnccc2s1. The Kier molecular flexibility index (Phi) is 1.83. The molecule has 0 saturated carbocycles. The molecular weight excluding hydrogens is 168 g/mol. The zero-order chi connectivity index (χ0) is 8.55. The first kappa shape index (κ1) is 7.71. The number of nitrogens with zero attached hydrogens (tertiary/aromatic N) is 1. The zero-order valence-electron chi connectivity index (χ0n) is 6.82. The molecule has 0 amide bonds. The van der Waals surface area contributed by atoms with E-state index in [1.165, 1.54) is 15.0 Å². The van der Waals surface area contributed by atoms with Crippen molar-refractivity contribution in [1.29, 1.82) is 0 Å². The van der Waals surface area contributed by atoms with Crippen molar-refractivity contribution in [1.82, 2.24) is 4.98 Å². The number of aromatic nitrogens is 1. The van der Waals surface area contributed by atoms with Gasteiger partial charge in [0.05, 0.1) is 0 Å². The Morgan fingerprint density at radius 2 is 2.42 bits per heavy atom. The van der Waals surface area contributed by atoms with Crippen molar-refractivity contribution in [3.8, 4) is 0 Å². The Morgan fingerprint density at radius 1 is 1.58 bits per heavy atom. The molecule has 2 heterocycles. The van der Waals surface area contributed by atoms with Gasteiger partial charge in [-0.05, 0) is 19.1 Å². The highest BCUT2D eigenvalue weighted by Crippen LogP contribution is 2.27. The van der Waals surface area contributed by atoms with Crippen LogP contribution in [0.15, 0.2) is 24.5 Å². The summed E-state index contributed by atoms with van der Waals surface area (Å²) in [7, 11) is 0. The van der Waals surface area contributed by atoms with Gasteiger partial charge in [-0.3, -0.25) is 4.98 Å². The lowest BCUT2D eigenvalue weighted by Crippen LogP contribution is -2.01. The van der Waals surface area contributed by atoms with Crippen LogP contribution in [0.3, 0.4) is 0 Å². The van der Waals surface area contributed by atoms with E-state index in [-0.39, 0.29) is 6.04 Å². The Hall–Kier alpha value is -0.930. The molecule has 0 radical (unpaired) electrons. The molecule has 2 nitrogen and oxygen atoms in total. The number of pyridine rings is 1. The van der Waals surface area contributed by atoms with Crippen molar-refractivity contribution in [2.75, 3.05) is 0 Å². The molecule has 0 aliphatic carbocycles. The number of rotatable bonds is 1. The van der Waals surface area contributed by atoms with Gasteiger partial charge in [0.2, 0.25) is 0 Å². The van der Waals surface area contributed by atoms with Crippen LogP contribution in [0.25, 0.3) is 10.1 Å². The molecule has 0 aromatic carbocycles. The van der Waals surface area contributed by atoms with Crippen LogP contribution >= 0.6 is 11.3 Å². The predicted octanol–water partition coefficient (Wildman–Crippen LogP) is 2.32. The summed E-state index contributed by atoms with van der Waals surface area (Å²) >= 11 is 1.74. The molecule has 0 aliphatic heterocycles. The van der Waals surface area contributed by atoms with Crippen LogP contribution in [-0.4, -0.2) is 4.98 Å². The van der Waals surface area contributed by atoms with Gasteiger partial charge in [0.15, 0.2) is 0 Å². The van der Waals surface area contributed by atoms with E-state index in [0.29, 0.717) is 0 Å². The molecule has 2 aromatic rings. The lowest BCUT2D eigenvalue weighted by atomic mass is 10.2. The Morgan fingerprint density at radius 3 is 3.08 bits per heavy atom. The first-order valence-electron chi connectivity index (χ1n) is 3.86. The van der Waals surface area contributed by atoms with E-state index < -0.39 is 0 Å². The Labute approximate surface area is 75.0 Å². The van der Waals surface area contributed by atoms with Crippen LogP contribution in [0, 0.1) is 0 Å². The first-order chi connectivity index (χ1) is 5.77. The highest BCUT2D eigenvalue weighted by molar-refractivity contribution is 7.19. The van der Waals surface area contributed by atoms with E-state index in [0.717, 1.165) is 0 Å². The normalized spacial score (nSPS) is 13.5. The summed E-state index contributed by atoms with van der Waals surface area (Å²) in [6.07, 6.45) is 3.68. The third-order valence-electron chi connectivity index (χ3n) is 1.78. The topological polar surface area (TPSA) is 38.9 Å². The molecule has 12 heavy (non-hydrogen) atoms. The molecular formula is C9H10N2S. The largest absolute Gasteiger partial charge is 0.324 e. The van der Waals surface area contributed by atoms with Crippen molar-refractivity contribution in [3.05, 3.63) is 29.4 Å². The quantitative estimate of drug-likeness (QED) is 0.727. The van der Waals surface area contributed by atoms with E-state index in [9.17, 15) is 0 Å². The van der Waals surface area contributed by atoms with Crippen molar-refractivity contribution in [3.63, 3.8) is 0 Å². The van der Waals surface area contributed by atoms with E-state index in [1.807, 2.05) is 25.4 Å². The van der Waals surface area contributed by atoms with Crippen molar-refractivity contribution < 1.29 is 0 Å². The molecule has 0 spiro atoms. The maximum Gasteiger partial charge on any atom is 0.0377 e. The summed E-state index contributed by atoms with van der Waals surface area (Å²) in [5.74, 6) is 0. The third-order valence-corrected chi connectivity index (χ3v) is 3.10. The minimum atomic E-state index is 0.127. The summed E-state index contributed by atoms with van der Waals surface area (Å²) in [5.41, 5.74) is 5.77. The molecule has 2 aromatic heterocycles. The average Bonchev–Trinajstić information content (AvgIpc) is 2.46. The standard InChI is InChI=1S/C9H10N2S/c1-6(10)9-4-7-5-11-3-2-8(7)12-9/h2-6H,10H2,1H3/t6-/m1/s1. The number of nitrogens with two attached hydrogens (primary N) is 1. The third kappa shape index (κ3) is 1.21. The summed E-state index contributed by atoms with van der Waals surface area (Å²) in [4.78, 5) is 5.27. The van der Waals surface area contributed by atoms with Gasteiger partial charge in [0.25, 0.3) is 0 Å². The van der Waals surface area contributed by atoms with Gasteiger partial charge >= 0.3 is 0 Å². The highest BCUT2D eigenvalue weighted by atomic mass is 32.1. The van der Waals surface area contributed by atoms with Crippen LogP contribution in [0.1, 0.15) is 17.8 Å². The predicted molar refractivity (Wildman–Crippen MR) is 52.2 cm³/mol. The van der Waals surface area contributed by atoms with Crippen molar-refractivity contribution in [2.24, 2.45) is 5.73 Å². The van der Waals surface area contributed by atoms with Gasteiger partial charge in [-0.2, -0.15) is 0 Å². The summed E-state index contributed by atoms with van der Waals surface area (Å²) in [5, 5.41) is 1.19. The number of thiophene rings is 1. The smallest absolute Gasteiger partial charge is 0.0377 e. The van der Waals surface area contributed by atoms with Gasteiger partial charge in [0.1, 0.15) is 0 Å². The monoisotopic (exact) mass is 178 g/mol. The number of hydrogen-bond acceptors (Lipinski definition) is 3. The molecule has 2 rings (SSSR count). The minimum Gasteiger partial charge on any atom is -0.324 e. The van der Waals surface area contributed by atoms with Crippen LogP contribution in [0.5, 0.6) is 0 Å². The van der Waals surface area contributed by atoms with Gasteiger partial charge < -0.3 is 5.73 Å². The summed E-state index contributed by atoms with van der Waals surface area (Å²) < 4.78 is 1.26. The summed E-state index contributed by atoms with van der Waals surface area (Å²) in [6.45, 7) is 2.00. The zero-order valence-corrected chi connectivity index (χ0v) is 7.64.